The number of Topliss-reactive ketones (excluding diaryl/α,β-unsaturated/α-hetero) is 1. The van der Waals surface area contributed by atoms with E-state index in [9.17, 15) is 13.2 Å². The molecule has 0 aromatic heterocycles. The van der Waals surface area contributed by atoms with Crippen LogP contribution in [0.4, 0.5) is 0 Å². The van der Waals surface area contributed by atoms with Gasteiger partial charge in [0.05, 0.1) is 4.90 Å². The molecule has 76 valence electrons. The standard InChI is InChI=1S/C8H8ClNO3S/c1-5(11)7-4-6(9)2-3-8(7)14(10,12)13/h2-4H,1H3,(H2,10,12,13). The van der Waals surface area contributed by atoms with Crippen molar-refractivity contribution in [3.8, 4) is 0 Å². The number of rotatable bonds is 2. The number of carbonyl (C=O) groups excluding carboxylic acids is 1. The molecule has 0 aliphatic heterocycles. The van der Waals surface area contributed by atoms with Gasteiger partial charge in [0.15, 0.2) is 5.78 Å². The quantitative estimate of drug-likeness (QED) is 0.780. The molecule has 6 heteroatoms. The number of halogens is 1. The summed E-state index contributed by atoms with van der Waals surface area (Å²) in [6.07, 6.45) is 0. The maximum Gasteiger partial charge on any atom is 0.238 e. The van der Waals surface area contributed by atoms with E-state index in [-0.39, 0.29) is 10.5 Å². The lowest BCUT2D eigenvalue weighted by Crippen LogP contribution is -2.15. The van der Waals surface area contributed by atoms with Gasteiger partial charge in [0.2, 0.25) is 10.0 Å². The van der Waals surface area contributed by atoms with Gasteiger partial charge in [-0.15, -0.1) is 0 Å². The lowest BCUT2D eigenvalue weighted by molar-refractivity contribution is 0.101. The molecule has 14 heavy (non-hydrogen) atoms. The second kappa shape index (κ2) is 3.68. The van der Waals surface area contributed by atoms with Crippen molar-refractivity contribution in [3.63, 3.8) is 0 Å². The minimum atomic E-state index is -3.87. The molecule has 0 unspecified atom stereocenters. The average molecular weight is 234 g/mol. The second-order valence-corrected chi connectivity index (χ2v) is 4.71. The van der Waals surface area contributed by atoms with Gasteiger partial charge >= 0.3 is 0 Å². The van der Waals surface area contributed by atoms with E-state index in [1.165, 1.54) is 25.1 Å². The highest BCUT2D eigenvalue weighted by Crippen LogP contribution is 2.19. The van der Waals surface area contributed by atoms with Crippen LogP contribution in [0.25, 0.3) is 0 Å². The number of carbonyl (C=O) groups is 1. The summed E-state index contributed by atoms with van der Waals surface area (Å²) < 4.78 is 22.1. The Morgan fingerprint density at radius 1 is 1.43 bits per heavy atom. The van der Waals surface area contributed by atoms with E-state index in [4.69, 9.17) is 16.7 Å². The molecular formula is C8H8ClNO3S. The molecule has 0 saturated heterocycles. The van der Waals surface area contributed by atoms with Gasteiger partial charge in [-0.2, -0.15) is 0 Å². The highest BCUT2D eigenvalue weighted by molar-refractivity contribution is 7.89. The van der Waals surface area contributed by atoms with Gasteiger partial charge in [-0.25, -0.2) is 13.6 Å². The summed E-state index contributed by atoms with van der Waals surface area (Å²) in [4.78, 5) is 10.9. The summed E-state index contributed by atoms with van der Waals surface area (Å²) in [6.45, 7) is 1.25. The van der Waals surface area contributed by atoms with Crippen molar-refractivity contribution in [1.29, 1.82) is 0 Å². The van der Waals surface area contributed by atoms with Crippen LogP contribution in [0.5, 0.6) is 0 Å². The zero-order valence-corrected chi connectivity index (χ0v) is 8.89. The van der Waals surface area contributed by atoms with Crippen LogP contribution in [0.2, 0.25) is 5.02 Å². The lowest BCUT2D eigenvalue weighted by Gasteiger charge is -2.04. The molecule has 0 fully saturated rings. The number of benzene rings is 1. The largest absolute Gasteiger partial charge is 0.294 e. The molecule has 0 aliphatic rings. The zero-order valence-electron chi connectivity index (χ0n) is 7.32. The summed E-state index contributed by atoms with van der Waals surface area (Å²) in [5.74, 6) is -0.392. The minimum Gasteiger partial charge on any atom is -0.294 e. The third-order valence-corrected chi connectivity index (χ3v) is 2.83. The molecule has 0 aliphatic carbocycles. The van der Waals surface area contributed by atoms with Crippen LogP contribution >= 0.6 is 11.6 Å². The topological polar surface area (TPSA) is 77.2 Å². The van der Waals surface area contributed by atoms with Crippen molar-refractivity contribution >= 4 is 27.4 Å². The Labute approximate surface area is 86.7 Å². The molecule has 0 saturated carbocycles. The first-order valence-corrected chi connectivity index (χ1v) is 5.58. The van der Waals surface area contributed by atoms with E-state index < -0.39 is 15.8 Å². The van der Waals surface area contributed by atoms with Crippen molar-refractivity contribution in [2.75, 3.05) is 0 Å². The van der Waals surface area contributed by atoms with Crippen LogP contribution < -0.4 is 5.14 Å². The van der Waals surface area contributed by atoms with Crippen molar-refractivity contribution in [1.82, 2.24) is 0 Å². The Morgan fingerprint density at radius 3 is 2.43 bits per heavy atom. The molecule has 0 spiro atoms. The summed E-state index contributed by atoms with van der Waals surface area (Å²) >= 11 is 5.62. The summed E-state index contributed by atoms with van der Waals surface area (Å²) in [5.41, 5.74) is 0.0139. The predicted octanol–water partition coefficient (Wildman–Crippen LogP) is 1.19. The second-order valence-electron chi connectivity index (χ2n) is 2.74. The Balaban J connectivity index is 3.53. The fourth-order valence-corrected chi connectivity index (χ4v) is 1.96. The van der Waals surface area contributed by atoms with E-state index >= 15 is 0 Å². The third kappa shape index (κ3) is 2.31. The van der Waals surface area contributed by atoms with Gasteiger partial charge < -0.3 is 0 Å². The van der Waals surface area contributed by atoms with E-state index in [0.717, 1.165) is 0 Å². The first kappa shape index (κ1) is 11.2. The van der Waals surface area contributed by atoms with Gasteiger partial charge in [-0.05, 0) is 25.1 Å². The highest BCUT2D eigenvalue weighted by Gasteiger charge is 2.16. The predicted molar refractivity (Wildman–Crippen MR) is 52.8 cm³/mol. The zero-order chi connectivity index (χ0) is 10.9. The van der Waals surface area contributed by atoms with Crippen LogP contribution in [-0.4, -0.2) is 14.2 Å². The van der Waals surface area contributed by atoms with Gasteiger partial charge in [0.1, 0.15) is 0 Å². The lowest BCUT2D eigenvalue weighted by atomic mass is 10.1. The number of ketones is 1. The molecule has 0 bridgehead atoms. The fourth-order valence-electron chi connectivity index (χ4n) is 1.03. The summed E-state index contributed by atoms with van der Waals surface area (Å²) in [6, 6.07) is 3.87. The molecular weight excluding hydrogens is 226 g/mol. The number of hydrogen-bond acceptors (Lipinski definition) is 3. The SMILES string of the molecule is CC(=O)c1cc(Cl)ccc1S(N)(=O)=O. The Kier molecular flexibility index (Phi) is 2.94. The van der Waals surface area contributed by atoms with Gasteiger partial charge in [0.25, 0.3) is 0 Å². The Bertz CT molecular complexity index is 481. The third-order valence-electron chi connectivity index (χ3n) is 1.63. The van der Waals surface area contributed by atoms with Crippen LogP contribution in [0.1, 0.15) is 17.3 Å². The summed E-state index contributed by atoms with van der Waals surface area (Å²) in [7, 11) is -3.87. The van der Waals surface area contributed by atoms with Crippen LogP contribution in [0.15, 0.2) is 23.1 Å². The van der Waals surface area contributed by atoms with Crippen molar-refractivity contribution < 1.29 is 13.2 Å². The molecule has 4 nitrogen and oxygen atoms in total. The highest BCUT2D eigenvalue weighted by atomic mass is 35.5. The van der Waals surface area contributed by atoms with Gasteiger partial charge in [-0.1, -0.05) is 11.6 Å². The number of primary sulfonamides is 1. The number of nitrogens with two attached hydrogens (primary N) is 1. The molecule has 1 aromatic rings. The van der Waals surface area contributed by atoms with Crippen LogP contribution in [-0.2, 0) is 10.0 Å². The monoisotopic (exact) mass is 233 g/mol. The van der Waals surface area contributed by atoms with Gasteiger partial charge in [0, 0.05) is 10.6 Å². The van der Waals surface area contributed by atoms with E-state index in [2.05, 4.69) is 0 Å². The molecule has 0 radical (unpaired) electrons. The summed E-state index contributed by atoms with van der Waals surface area (Å²) in [5, 5.41) is 5.22. The van der Waals surface area contributed by atoms with E-state index in [1.54, 1.807) is 0 Å². The normalized spacial score (nSPS) is 11.4. The number of hydrogen-bond donors (Lipinski definition) is 1. The number of sulfonamides is 1. The molecule has 2 N–H and O–H groups in total. The van der Waals surface area contributed by atoms with E-state index in [1.807, 2.05) is 0 Å². The average Bonchev–Trinajstić information content (AvgIpc) is 2.01. The maximum absolute atomic E-state index is 11.1. The molecule has 0 amide bonds. The smallest absolute Gasteiger partial charge is 0.238 e. The van der Waals surface area contributed by atoms with Gasteiger partial charge in [-0.3, -0.25) is 4.79 Å². The Hall–Kier alpha value is -0.910. The fraction of sp³-hybridized carbons (Fsp3) is 0.125. The van der Waals surface area contributed by atoms with Crippen LogP contribution in [0.3, 0.4) is 0 Å². The first-order chi connectivity index (χ1) is 6.32. The van der Waals surface area contributed by atoms with Crippen molar-refractivity contribution in [3.05, 3.63) is 28.8 Å². The van der Waals surface area contributed by atoms with Crippen LogP contribution in [0, 0.1) is 0 Å². The minimum absolute atomic E-state index is 0.0139. The molecule has 0 atom stereocenters. The molecule has 0 heterocycles. The Morgan fingerprint density at radius 2 is 2.00 bits per heavy atom. The van der Waals surface area contributed by atoms with E-state index in [0.29, 0.717) is 5.02 Å². The maximum atomic E-state index is 11.1. The van der Waals surface area contributed by atoms with Crippen molar-refractivity contribution in [2.24, 2.45) is 5.14 Å². The van der Waals surface area contributed by atoms with Crippen molar-refractivity contribution in [2.45, 2.75) is 11.8 Å². The first-order valence-electron chi connectivity index (χ1n) is 3.65. The molecule has 1 aromatic carbocycles. The molecule has 1 rings (SSSR count).